The molecule has 2 rings (SSSR count). The molecule has 1 fully saturated rings. The summed E-state index contributed by atoms with van der Waals surface area (Å²) in [6, 6.07) is 1.75. The second-order valence-corrected chi connectivity index (χ2v) is 5.94. The Balaban J connectivity index is 1.87. The average molecular weight is 303 g/mol. The Bertz CT molecular complexity index is 488. The van der Waals surface area contributed by atoms with Crippen molar-refractivity contribution in [1.29, 1.82) is 0 Å². The van der Waals surface area contributed by atoms with Crippen molar-refractivity contribution >= 4 is 11.7 Å². The Morgan fingerprint density at radius 2 is 1.95 bits per heavy atom. The molecule has 0 atom stereocenters. The number of amides is 1. The number of aromatic nitrogens is 2. The molecule has 2 N–H and O–H groups in total. The lowest BCUT2D eigenvalue weighted by Crippen LogP contribution is -2.32. The maximum Gasteiger partial charge on any atom is 0.391 e. The predicted octanol–water partition coefficient (Wildman–Crippen LogP) is 3.84. The van der Waals surface area contributed by atoms with E-state index in [9.17, 15) is 18.0 Å². The fourth-order valence-corrected chi connectivity index (χ4v) is 2.61. The van der Waals surface area contributed by atoms with Gasteiger partial charge in [-0.15, -0.1) is 0 Å². The van der Waals surface area contributed by atoms with E-state index in [1.165, 1.54) is 0 Å². The first-order chi connectivity index (χ1) is 9.77. The number of carbonyl (C=O) groups is 1. The van der Waals surface area contributed by atoms with Crippen molar-refractivity contribution in [3.05, 3.63) is 11.8 Å². The van der Waals surface area contributed by atoms with Gasteiger partial charge in [0.05, 0.1) is 5.92 Å². The maximum atomic E-state index is 12.6. The minimum atomic E-state index is -4.14. The van der Waals surface area contributed by atoms with E-state index in [0.29, 0.717) is 5.82 Å². The normalized spacial score (nSPS) is 23.3. The number of H-pyrrole nitrogens is 1. The summed E-state index contributed by atoms with van der Waals surface area (Å²) in [5.41, 5.74) is 0.908. The molecular weight excluding hydrogens is 283 g/mol. The number of rotatable bonds is 3. The van der Waals surface area contributed by atoms with Gasteiger partial charge >= 0.3 is 6.18 Å². The first-order valence-electron chi connectivity index (χ1n) is 7.20. The summed E-state index contributed by atoms with van der Waals surface area (Å²) in [4.78, 5) is 12.1. The summed E-state index contributed by atoms with van der Waals surface area (Å²) in [5, 5.41) is 9.49. The van der Waals surface area contributed by atoms with Crippen molar-refractivity contribution in [3.8, 4) is 0 Å². The van der Waals surface area contributed by atoms with Crippen LogP contribution in [-0.2, 0) is 4.79 Å². The molecule has 0 aliphatic heterocycles. The number of nitrogens with one attached hydrogen (secondary N) is 2. The molecular formula is C14H20F3N3O. The van der Waals surface area contributed by atoms with Crippen LogP contribution in [0.2, 0.25) is 0 Å². The number of carbonyl (C=O) groups excluding carboxylic acids is 1. The molecule has 1 amide bonds. The smallest absolute Gasteiger partial charge is 0.309 e. The monoisotopic (exact) mass is 303 g/mol. The molecule has 0 unspecified atom stereocenters. The average Bonchev–Trinajstić information content (AvgIpc) is 2.86. The maximum absolute atomic E-state index is 12.6. The molecule has 4 nitrogen and oxygen atoms in total. The van der Waals surface area contributed by atoms with E-state index < -0.39 is 12.1 Å². The van der Waals surface area contributed by atoms with Crippen LogP contribution in [0.4, 0.5) is 19.0 Å². The molecule has 118 valence electrons. The Morgan fingerprint density at radius 3 is 2.43 bits per heavy atom. The van der Waals surface area contributed by atoms with Crippen LogP contribution in [0.5, 0.6) is 0 Å². The molecule has 0 aromatic carbocycles. The minimum Gasteiger partial charge on any atom is -0.309 e. The molecule has 0 spiro atoms. The van der Waals surface area contributed by atoms with Crippen LogP contribution in [0, 0.1) is 11.8 Å². The standard InChI is InChI=1S/C14H20F3N3O/c1-8(2)11-7-12(20-19-11)18-13(21)9-3-5-10(6-4-9)14(15,16)17/h7-10H,3-6H2,1-2H3,(H2,18,19,20,21). The van der Waals surface area contributed by atoms with Gasteiger partial charge in [-0.3, -0.25) is 9.89 Å². The van der Waals surface area contributed by atoms with E-state index >= 15 is 0 Å². The highest BCUT2D eigenvalue weighted by atomic mass is 19.4. The van der Waals surface area contributed by atoms with E-state index in [1.54, 1.807) is 6.07 Å². The molecule has 0 radical (unpaired) electrons. The molecule has 1 aliphatic carbocycles. The molecule has 1 aliphatic rings. The van der Waals surface area contributed by atoms with Crippen LogP contribution in [0.3, 0.4) is 0 Å². The van der Waals surface area contributed by atoms with Crippen molar-refractivity contribution in [2.24, 2.45) is 11.8 Å². The first-order valence-corrected chi connectivity index (χ1v) is 7.20. The minimum absolute atomic E-state index is 0.0272. The number of hydrogen-bond acceptors (Lipinski definition) is 2. The lowest BCUT2D eigenvalue weighted by Gasteiger charge is -2.28. The second kappa shape index (κ2) is 6.07. The first kappa shape index (κ1) is 15.9. The summed E-state index contributed by atoms with van der Waals surface area (Å²) in [7, 11) is 0. The number of hydrogen-bond donors (Lipinski definition) is 2. The quantitative estimate of drug-likeness (QED) is 0.891. The summed E-state index contributed by atoms with van der Waals surface area (Å²) in [6.45, 7) is 4.00. The zero-order valence-corrected chi connectivity index (χ0v) is 12.1. The summed E-state index contributed by atoms with van der Waals surface area (Å²) in [5.74, 6) is -1.16. The van der Waals surface area contributed by atoms with Gasteiger partial charge in [0, 0.05) is 17.7 Å². The Morgan fingerprint density at radius 1 is 1.33 bits per heavy atom. The number of nitrogens with zero attached hydrogens (tertiary/aromatic N) is 1. The van der Waals surface area contributed by atoms with Gasteiger partial charge in [0.1, 0.15) is 0 Å². The van der Waals surface area contributed by atoms with Crippen LogP contribution in [0.1, 0.15) is 51.1 Å². The molecule has 1 aromatic heterocycles. The van der Waals surface area contributed by atoms with Crippen molar-refractivity contribution in [2.75, 3.05) is 5.32 Å². The lowest BCUT2D eigenvalue weighted by atomic mass is 9.81. The number of aromatic amines is 1. The largest absolute Gasteiger partial charge is 0.391 e. The number of halogens is 3. The molecule has 1 aromatic rings. The van der Waals surface area contributed by atoms with Gasteiger partial charge in [-0.05, 0) is 31.6 Å². The third-order valence-corrected chi connectivity index (χ3v) is 4.03. The SMILES string of the molecule is CC(C)c1cc(NC(=O)C2CCC(C(F)(F)F)CC2)n[nH]1. The van der Waals surface area contributed by atoms with Crippen molar-refractivity contribution in [3.63, 3.8) is 0 Å². The van der Waals surface area contributed by atoms with E-state index in [2.05, 4.69) is 15.5 Å². The Hall–Kier alpha value is -1.53. The van der Waals surface area contributed by atoms with Crippen molar-refractivity contribution in [1.82, 2.24) is 10.2 Å². The van der Waals surface area contributed by atoms with E-state index in [0.717, 1.165) is 5.69 Å². The van der Waals surface area contributed by atoms with E-state index in [1.807, 2.05) is 13.8 Å². The van der Waals surface area contributed by atoms with Crippen LogP contribution in [0.25, 0.3) is 0 Å². The molecule has 21 heavy (non-hydrogen) atoms. The Labute approximate surface area is 121 Å². The highest BCUT2D eigenvalue weighted by Crippen LogP contribution is 2.39. The third kappa shape index (κ3) is 3.98. The molecule has 1 saturated carbocycles. The topological polar surface area (TPSA) is 57.8 Å². The zero-order chi connectivity index (χ0) is 15.6. The third-order valence-electron chi connectivity index (χ3n) is 4.03. The fraction of sp³-hybridized carbons (Fsp3) is 0.714. The van der Waals surface area contributed by atoms with Crippen LogP contribution in [0.15, 0.2) is 6.07 Å². The van der Waals surface area contributed by atoms with Crippen molar-refractivity contribution in [2.45, 2.75) is 51.6 Å². The predicted molar refractivity (Wildman–Crippen MR) is 72.8 cm³/mol. The van der Waals surface area contributed by atoms with Gasteiger partial charge in [-0.25, -0.2) is 0 Å². The van der Waals surface area contributed by atoms with Crippen LogP contribution in [-0.4, -0.2) is 22.3 Å². The number of alkyl halides is 3. The molecule has 0 saturated heterocycles. The molecule has 1 heterocycles. The van der Waals surface area contributed by atoms with Gasteiger partial charge in [0.2, 0.25) is 5.91 Å². The Kier molecular flexibility index (Phi) is 4.58. The van der Waals surface area contributed by atoms with Crippen LogP contribution >= 0.6 is 0 Å². The fourth-order valence-electron chi connectivity index (χ4n) is 2.61. The molecule has 7 heteroatoms. The van der Waals surface area contributed by atoms with Crippen molar-refractivity contribution < 1.29 is 18.0 Å². The second-order valence-electron chi connectivity index (χ2n) is 5.94. The van der Waals surface area contributed by atoms with Crippen LogP contribution < -0.4 is 5.32 Å². The van der Waals surface area contributed by atoms with Gasteiger partial charge in [-0.2, -0.15) is 18.3 Å². The zero-order valence-electron chi connectivity index (χ0n) is 12.1. The van der Waals surface area contributed by atoms with Gasteiger partial charge in [0.25, 0.3) is 0 Å². The van der Waals surface area contributed by atoms with E-state index in [-0.39, 0.29) is 43.4 Å². The highest BCUT2D eigenvalue weighted by Gasteiger charge is 2.42. The van der Waals surface area contributed by atoms with Gasteiger partial charge in [-0.1, -0.05) is 13.8 Å². The van der Waals surface area contributed by atoms with Gasteiger partial charge in [0.15, 0.2) is 5.82 Å². The highest BCUT2D eigenvalue weighted by molar-refractivity contribution is 5.91. The molecule has 0 bridgehead atoms. The van der Waals surface area contributed by atoms with E-state index in [4.69, 9.17) is 0 Å². The number of anilines is 1. The lowest BCUT2D eigenvalue weighted by molar-refractivity contribution is -0.184. The summed E-state index contributed by atoms with van der Waals surface area (Å²) >= 11 is 0. The van der Waals surface area contributed by atoms with Gasteiger partial charge < -0.3 is 5.32 Å². The summed E-state index contributed by atoms with van der Waals surface area (Å²) < 4.78 is 37.7. The summed E-state index contributed by atoms with van der Waals surface area (Å²) in [6.07, 6.45) is -3.54.